The number of carboxylic acids is 1. The number of carbonyl (C=O) groups is 2. The van der Waals surface area contributed by atoms with Gasteiger partial charge < -0.3 is 9.84 Å². The van der Waals surface area contributed by atoms with Crippen LogP contribution in [0, 0.1) is 17.8 Å². The van der Waals surface area contributed by atoms with Crippen LogP contribution >= 0.6 is 0 Å². The molecular formula is C20H28O4. The number of hydrogen-bond donors (Lipinski definition) is 1. The summed E-state index contributed by atoms with van der Waals surface area (Å²) in [7, 11) is 0. The fourth-order valence-electron chi connectivity index (χ4n) is 2.60. The van der Waals surface area contributed by atoms with E-state index in [2.05, 4.69) is 0 Å². The third kappa shape index (κ3) is 6.57. The molecule has 1 aromatic rings. The third-order valence-corrected chi connectivity index (χ3v) is 3.65. The van der Waals surface area contributed by atoms with Crippen molar-refractivity contribution in [2.75, 3.05) is 0 Å². The number of allylic oxidation sites excluding steroid dienone is 1. The highest BCUT2D eigenvalue weighted by Crippen LogP contribution is 2.28. The number of carboxylic acid groups (broad SMARTS) is 1. The van der Waals surface area contributed by atoms with Gasteiger partial charge in [-0.2, -0.15) is 0 Å². The number of carbonyl (C=O) groups excluding carboxylic acids is 1. The zero-order valence-corrected chi connectivity index (χ0v) is 15.2. The Morgan fingerprint density at radius 1 is 1.17 bits per heavy atom. The lowest BCUT2D eigenvalue weighted by Crippen LogP contribution is -2.37. The average molecular weight is 332 g/mol. The molecular weight excluding hydrogens is 304 g/mol. The molecule has 0 amide bonds. The first-order valence-electron chi connectivity index (χ1n) is 8.29. The summed E-state index contributed by atoms with van der Waals surface area (Å²) in [5.74, 6) is -3.07. The standard InChI is InChI=1S/C20H28O4/c1-14(2)17(18(21)22)16(19(23)24-20(3,4)5)13-9-12-15-10-7-6-8-11-15/h6-12,14,16-17H,13H2,1-5H3,(H,21,22)/b12-9+/t16?,17-/m1/s1. The molecule has 0 aliphatic carbocycles. The highest BCUT2D eigenvalue weighted by atomic mass is 16.6. The van der Waals surface area contributed by atoms with Gasteiger partial charge in [-0.3, -0.25) is 9.59 Å². The highest BCUT2D eigenvalue weighted by Gasteiger charge is 2.37. The van der Waals surface area contributed by atoms with Crippen LogP contribution in [0.15, 0.2) is 36.4 Å². The van der Waals surface area contributed by atoms with Gasteiger partial charge >= 0.3 is 11.9 Å². The molecule has 2 atom stereocenters. The van der Waals surface area contributed by atoms with E-state index < -0.39 is 29.4 Å². The largest absolute Gasteiger partial charge is 0.481 e. The molecule has 0 saturated carbocycles. The lowest BCUT2D eigenvalue weighted by Gasteiger charge is -2.28. The number of benzene rings is 1. The lowest BCUT2D eigenvalue weighted by atomic mass is 9.81. The number of aliphatic carboxylic acids is 1. The predicted molar refractivity (Wildman–Crippen MR) is 95.4 cm³/mol. The maximum atomic E-state index is 12.5. The zero-order chi connectivity index (χ0) is 18.3. The predicted octanol–water partition coefficient (Wildman–Crippen LogP) is 4.40. The summed E-state index contributed by atoms with van der Waals surface area (Å²) in [5, 5.41) is 9.55. The van der Waals surface area contributed by atoms with E-state index in [9.17, 15) is 14.7 Å². The van der Waals surface area contributed by atoms with Gasteiger partial charge in [-0.25, -0.2) is 0 Å². The van der Waals surface area contributed by atoms with Crippen molar-refractivity contribution < 1.29 is 19.4 Å². The fourth-order valence-corrected chi connectivity index (χ4v) is 2.60. The van der Waals surface area contributed by atoms with Crippen LogP contribution in [0.4, 0.5) is 0 Å². The SMILES string of the molecule is CC(C)[C@@H](C(=O)O)C(C/C=C/c1ccccc1)C(=O)OC(C)(C)C. The van der Waals surface area contributed by atoms with Crippen molar-refractivity contribution in [2.45, 2.75) is 46.6 Å². The third-order valence-electron chi connectivity index (χ3n) is 3.65. The summed E-state index contributed by atoms with van der Waals surface area (Å²) >= 11 is 0. The van der Waals surface area contributed by atoms with E-state index in [1.165, 1.54) is 0 Å². The van der Waals surface area contributed by atoms with Gasteiger partial charge in [0.25, 0.3) is 0 Å². The normalized spacial score (nSPS) is 14.6. The lowest BCUT2D eigenvalue weighted by molar-refractivity contribution is -0.167. The first-order chi connectivity index (χ1) is 11.1. The molecule has 0 radical (unpaired) electrons. The topological polar surface area (TPSA) is 63.6 Å². The first-order valence-corrected chi connectivity index (χ1v) is 8.29. The molecule has 1 unspecified atom stereocenters. The number of rotatable bonds is 7. The van der Waals surface area contributed by atoms with Crippen LogP contribution in [0.25, 0.3) is 6.08 Å². The van der Waals surface area contributed by atoms with Crippen molar-refractivity contribution >= 4 is 18.0 Å². The molecule has 1 aromatic carbocycles. The number of esters is 1. The Kier molecular flexibility index (Phi) is 7.20. The van der Waals surface area contributed by atoms with E-state index >= 15 is 0 Å². The van der Waals surface area contributed by atoms with Gasteiger partial charge in [0.1, 0.15) is 5.60 Å². The van der Waals surface area contributed by atoms with Crippen LogP contribution in [0.3, 0.4) is 0 Å². The van der Waals surface area contributed by atoms with Crippen molar-refractivity contribution in [3.8, 4) is 0 Å². The van der Waals surface area contributed by atoms with Crippen molar-refractivity contribution in [2.24, 2.45) is 17.8 Å². The van der Waals surface area contributed by atoms with E-state index in [-0.39, 0.29) is 5.92 Å². The van der Waals surface area contributed by atoms with E-state index in [0.29, 0.717) is 6.42 Å². The number of ether oxygens (including phenoxy) is 1. The molecule has 0 aliphatic heterocycles. The Morgan fingerprint density at radius 3 is 2.21 bits per heavy atom. The molecule has 4 heteroatoms. The second-order valence-corrected chi connectivity index (χ2v) is 7.30. The van der Waals surface area contributed by atoms with Crippen LogP contribution in [0.2, 0.25) is 0 Å². The van der Waals surface area contributed by atoms with E-state index in [0.717, 1.165) is 5.56 Å². The van der Waals surface area contributed by atoms with Crippen molar-refractivity contribution in [3.05, 3.63) is 42.0 Å². The molecule has 0 heterocycles. The minimum atomic E-state index is -0.964. The summed E-state index contributed by atoms with van der Waals surface area (Å²) in [6, 6.07) is 9.70. The maximum Gasteiger partial charge on any atom is 0.310 e. The summed E-state index contributed by atoms with van der Waals surface area (Å²) in [6.07, 6.45) is 4.08. The second-order valence-electron chi connectivity index (χ2n) is 7.30. The quantitative estimate of drug-likeness (QED) is 0.751. The number of hydrogen-bond acceptors (Lipinski definition) is 3. The molecule has 1 rings (SSSR count). The summed E-state index contributed by atoms with van der Waals surface area (Å²) in [5.41, 5.74) is 0.371. The van der Waals surface area contributed by atoms with Gasteiger partial charge in [0.15, 0.2) is 0 Å². The monoisotopic (exact) mass is 332 g/mol. The Morgan fingerprint density at radius 2 is 1.75 bits per heavy atom. The molecule has 0 spiro atoms. The molecule has 0 fully saturated rings. The molecule has 1 N–H and O–H groups in total. The highest BCUT2D eigenvalue weighted by molar-refractivity contribution is 5.81. The van der Waals surface area contributed by atoms with Gasteiger partial charge in [0, 0.05) is 0 Å². The molecule has 0 saturated heterocycles. The van der Waals surface area contributed by atoms with Gasteiger partial charge in [-0.05, 0) is 38.7 Å². The van der Waals surface area contributed by atoms with Gasteiger partial charge in [-0.1, -0.05) is 56.3 Å². The fraction of sp³-hybridized carbons (Fsp3) is 0.500. The van der Waals surface area contributed by atoms with Crippen LogP contribution < -0.4 is 0 Å². The van der Waals surface area contributed by atoms with Crippen LogP contribution in [0.1, 0.15) is 46.6 Å². The Labute approximate surface area is 144 Å². The first kappa shape index (κ1) is 19.9. The molecule has 0 aromatic heterocycles. The maximum absolute atomic E-state index is 12.5. The Hall–Kier alpha value is -2.10. The van der Waals surface area contributed by atoms with Crippen molar-refractivity contribution in [1.82, 2.24) is 0 Å². The van der Waals surface area contributed by atoms with Gasteiger partial charge in [0.2, 0.25) is 0 Å². The van der Waals surface area contributed by atoms with E-state index in [1.54, 1.807) is 20.8 Å². The van der Waals surface area contributed by atoms with Crippen LogP contribution in [0.5, 0.6) is 0 Å². The average Bonchev–Trinajstić information content (AvgIpc) is 2.44. The zero-order valence-electron chi connectivity index (χ0n) is 15.2. The summed E-state index contributed by atoms with van der Waals surface area (Å²) < 4.78 is 5.45. The van der Waals surface area contributed by atoms with Gasteiger partial charge in [-0.15, -0.1) is 0 Å². The minimum Gasteiger partial charge on any atom is -0.481 e. The van der Waals surface area contributed by atoms with Crippen molar-refractivity contribution in [1.29, 1.82) is 0 Å². The van der Waals surface area contributed by atoms with Crippen LogP contribution in [-0.2, 0) is 14.3 Å². The minimum absolute atomic E-state index is 0.162. The van der Waals surface area contributed by atoms with Crippen LogP contribution in [-0.4, -0.2) is 22.6 Å². The van der Waals surface area contributed by atoms with Crippen molar-refractivity contribution in [3.63, 3.8) is 0 Å². The molecule has 0 aliphatic rings. The Balaban J connectivity index is 2.97. The second kappa shape index (κ2) is 8.67. The summed E-state index contributed by atoms with van der Waals surface area (Å²) in [4.78, 5) is 24.2. The van der Waals surface area contributed by atoms with E-state index in [4.69, 9.17) is 4.74 Å². The molecule has 0 bridgehead atoms. The van der Waals surface area contributed by atoms with Gasteiger partial charge in [0.05, 0.1) is 11.8 Å². The molecule has 4 nitrogen and oxygen atoms in total. The molecule has 132 valence electrons. The van der Waals surface area contributed by atoms with E-state index in [1.807, 2.05) is 56.3 Å². The molecule has 24 heavy (non-hydrogen) atoms. The summed E-state index contributed by atoms with van der Waals surface area (Å²) in [6.45, 7) is 8.99. The smallest absolute Gasteiger partial charge is 0.310 e. The Bertz CT molecular complexity index is 567.